The molecule has 5 aromatic carbocycles. The second kappa shape index (κ2) is 12.6. The molecule has 1 aliphatic rings. The SMILES string of the molecule is Cc1cc(-c2cccc(-c3cc(-c4nc(-c5ccccc5)nc(-c5ccccc5)n4)cc(-c4cccc5c4C=CCC5)c3)c2)nc(C)n1. The minimum atomic E-state index is 0.629. The Morgan fingerprint density at radius 1 is 0.458 bits per heavy atom. The Bertz CT molecular complexity index is 2230. The van der Waals surface area contributed by atoms with E-state index in [9.17, 15) is 0 Å². The van der Waals surface area contributed by atoms with Crippen LogP contribution in [0.4, 0.5) is 0 Å². The van der Waals surface area contributed by atoms with Gasteiger partial charge in [-0.2, -0.15) is 0 Å². The summed E-state index contributed by atoms with van der Waals surface area (Å²) in [5, 5.41) is 0. The monoisotopic (exact) mass is 619 g/mol. The van der Waals surface area contributed by atoms with E-state index in [4.69, 9.17) is 19.9 Å². The Kier molecular flexibility index (Phi) is 7.71. The minimum absolute atomic E-state index is 0.629. The zero-order valence-electron chi connectivity index (χ0n) is 26.9. The van der Waals surface area contributed by atoms with E-state index < -0.39 is 0 Å². The first kappa shape index (κ1) is 29.3. The first-order valence-corrected chi connectivity index (χ1v) is 16.3. The average Bonchev–Trinajstić information content (AvgIpc) is 3.14. The summed E-state index contributed by atoms with van der Waals surface area (Å²) in [4.78, 5) is 24.3. The van der Waals surface area contributed by atoms with Gasteiger partial charge in [-0.1, -0.05) is 109 Å². The molecule has 0 amide bonds. The predicted octanol–water partition coefficient (Wildman–Crippen LogP) is 10.2. The van der Waals surface area contributed by atoms with Gasteiger partial charge in [-0.25, -0.2) is 24.9 Å². The van der Waals surface area contributed by atoms with Crippen LogP contribution in [-0.4, -0.2) is 24.9 Å². The summed E-state index contributed by atoms with van der Waals surface area (Å²) < 4.78 is 0. The minimum Gasteiger partial charge on any atom is -0.239 e. The Balaban J connectivity index is 1.35. The van der Waals surface area contributed by atoms with Crippen molar-refractivity contribution in [2.75, 3.05) is 0 Å². The van der Waals surface area contributed by atoms with Crippen LogP contribution in [0.15, 0.2) is 133 Å². The molecule has 8 rings (SSSR count). The van der Waals surface area contributed by atoms with E-state index in [0.29, 0.717) is 17.5 Å². The van der Waals surface area contributed by atoms with E-state index in [2.05, 4.69) is 77.8 Å². The lowest BCUT2D eigenvalue weighted by Gasteiger charge is -2.17. The maximum absolute atomic E-state index is 5.09. The maximum Gasteiger partial charge on any atom is 0.164 e. The molecule has 0 radical (unpaired) electrons. The van der Waals surface area contributed by atoms with Crippen molar-refractivity contribution in [3.63, 3.8) is 0 Å². The molecular formula is C43H33N5. The molecule has 2 heterocycles. The molecule has 230 valence electrons. The number of hydrogen-bond donors (Lipinski definition) is 0. The zero-order valence-corrected chi connectivity index (χ0v) is 26.9. The van der Waals surface area contributed by atoms with Crippen molar-refractivity contribution in [1.82, 2.24) is 24.9 Å². The predicted molar refractivity (Wildman–Crippen MR) is 195 cm³/mol. The molecule has 0 aliphatic heterocycles. The molecule has 0 N–H and O–H groups in total. The van der Waals surface area contributed by atoms with Crippen LogP contribution in [0.2, 0.25) is 0 Å². The normalized spacial score (nSPS) is 12.1. The van der Waals surface area contributed by atoms with Crippen molar-refractivity contribution < 1.29 is 0 Å². The summed E-state index contributed by atoms with van der Waals surface area (Å²) in [5.41, 5.74) is 12.9. The highest BCUT2D eigenvalue weighted by Crippen LogP contribution is 2.37. The first-order valence-electron chi connectivity index (χ1n) is 16.3. The Hall–Kier alpha value is -6.07. The van der Waals surface area contributed by atoms with Gasteiger partial charge in [0.15, 0.2) is 17.5 Å². The van der Waals surface area contributed by atoms with Crippen LogP contribution in [0.5, 0.6) is 0 Å². The average molecular weight is 620 g/mol. The summed E-state index contributed by atoms with van der Waals surface area (Å²) in [6.07, 6.45) is 6.65. The molecule has 5 nitrogen and oxygen atoms in total. The summed E-state index contributed by atoms with van der Waals surface area (Å²) in [6.45, 7) is 3.95. The molecule has 0 saturated heterocycles. The van der Waals surface area contributed by atoms with Crippen molar-refractivity contribution >= 4 is 6.08 Å². The van der Waals surface area contributed by atoms with Crippen molar-refractivity contribution in [3.05, 3.63) is 156 Å². The van der Waals surface area contributed by atoms with Crippen LogP contribution in [0.1, 0.15) is 29.1 Å². The van der Waals surface area contributed by atoms with Gasteiger partial charge < -0.3 is 0 Å². The van der Waals surface area contributed by atoms with E-state index in [1.165, 1.54) is 16.7 Å². The summed E-state index contributed by atoms with van der Waals surface area (Å²) in [7, 11) is 0. The second-order valence-corrected chi connectivity index (χ2v) is 12.2. The lowest BCUT2D eigenvalue weighted by atomic mass is 9.88. The van der Waals surface area contributed by atoms with Gasteiger partial charge in [-0.05, 0) is 90.4 Å². The molecule has 0 spiro atoms. The van der Waals surface area contributed by atoms with E-state index in [1.807, 2.05) is 80.6 Å². The third kappa shape index (κ3) is 5.94. The highest BCUT2D eigenvalue weighted by Gasteiger charge is 2.17. The highest BCUT2D eigenvalue weighted by molar-refractivity contribution is 5.85. The molecular weight excluding hydrogens is 587 g/mol. The third-order valence-electron chi connectivity index (χ3n) is 8.72. The number of fused-ring (bicyclic) bond motifs is 1. The molecule has 48 heavy (non-hydrogen) atoms. The first-order chi connectivity index (χ1) is 23.6. The van der Waals surface area contributed by atoms with Crippen LogP contribution in [-0.2, 0) is 6.42 Å². The molecule has 1 aliphatic carbocycles. The highest BCUT2D eigenvalue weighted by atomic mass is 15.0. The Morgan fingerprint density at radius 3 is 1.75 bits per heavy atom. The van der Waals surface area contributed by atoms with E-state index in [-0.39, 0.29) is 0 Å². The topological polar surface area (TPSA) is 64.5 Å². The van der Waals surface area contributed by atoms with Crippen molar-refractivity contribution in [1.29, 1.82) is 0 Å². The molecule has 0 bridgehead atoms. The zero-order chi connectivity index (χ0) is 32.5. The van der Waals surface area contributed by atoms with Crippen LogP contribution < -0.4 is 0 Å². The second-order valence-electron chi connectivity index (χ2n) is 12.2. The van der Waals surface area contributed by atoms with Crippen molar-refractivity contribution in [2.24, 2.45) is 0 Å². The van der Waals surface area contributed by atoms with Gasteiger partial charge in [-0.15, -0.1) is 0 Å². The lowest BCUT2D eigenvalue weighted by Crippen LogP contribution is -2.01. The molecule has 0 unspecified atom stereocenters. The standard InChI is InChI=1S/C43H33N5/c1-28-23-40(45-29(2)44-28)34-20-11-19-33(24-34)35-25-36(39-22-12-18-30-13-9-10-21-38(30)39)27-37(26-35)43-47-41(31-14-5-3-6-15-31)46-42(48-43)32-16-7-4-8-17-32/h3-8,10-12,14-27H,9,13H2,1-2H3. The van der Waals surface area contributed by atoms with Gasteiger partial charge in [0.2, 0.25) is 0 Å². The van der Waals surface area contributed by atoms with E-state index in [1.54, 1.807) is 0 Å². The van der Waals surface area contributed by atoms with E-state index in [0.717, 1.165) is 69.0 Å². The fourth-order valence-electron chi connectivity index (χ4n) is 6.46. The maximum atomic E-state index is 5.09. The molecule has 0 fully saturated rings. The third-order valence-corrected chi connectivity index (χ3v) is 8.72. The van der Waals surface area contributed by atoms with Gasteiger partial charge in [-0.3, -0.25) is 0 Å². The number of aromatic nitrogens is 5. The van der Waals surface area contributed by atoms with Crippen LogP contribution in [0, 0.1) is 13.8 Å². The molecule has 0 atom stereocenters. The lowest BCUT2D eigenvalue weighted by molar-refractivity contribution is 0.986. The number of aryl methyl sites for hydroxylation is 3. The smallest absolute Gasteiger partial charge is 0.164 e. The Labute approximate surface area is 280 Å². The van der Waals surface area contributed by atoms with Crippen LogP contribution >= 0.6 is 0 Å². The van der Waals surface area contributed by atoms with Gasteiger partial charge in [0, 0.05) is 27.9 Å². The fraction of sp³-hybridized carbons (Fsp3) is 0.0930. The van der Waals surface area contributed by atoms with Crippen molar-refractivity contribution in [2.45, 2.75) is 26.7 Å². The fourth-order valence-corrected chi connectivity index (χ4v) is 6.46. The van der Waals surface area contributed by atoms with Crippen molar-refractivity contribution in [3.8, 4) is 67.7 Å². The molecule has 5 heteroatoms. The largest absolute Gasteiger partial charge is 0.239 e. The number of hydrogen-bond acceptors (Lipinski definition) is 5. The Morgan fingerprint density at radius 2 is 1.04 bits per heavy atom. The molecule has 7 aromatic rings. The summed E-state index contributed by atoms with van der Waals surface area (Å²) in [6, 6.07) is 44.2. The van der Waals surface area contributed by atoms with Gasteiger partial charge >= 0.3 is 0 Å². The summed E-state index contributed by atoms with van der Waals surface area (Å²) >= 11 is 0. The number of nitrogens with zero attached hydrogens (tertiary/aromatic N) is 5. The number of benzene rings is 5. The van der Waals surface area contributed by atoms with Gasteiger partial charge in [0.25, 0.3) is 0 Å². The van der Waals surface area contributed by atoms with Crippen LogP contribution in [0.3, 0.4) is 0 Å². The summed E-state index contributed by atoms with van der Waals surface area (Å²) in [5.74, 6) is 2.68. The van der Waals surface area contributed by atoms with Crippen LogP contribution in [0.25, 0.3) is 73.8 Å². The molecule has 2 aromatic heterocycles. The van der Waals surface area contributed by atoms with Gasteiger partial charge in [0.05, 0.1) is 5.69 Å². The molecule has 0 saturated carbocycles. The quantitative estimate of drug-likeness (QED) is 0.185. The van der Waals surface area contributed by atoms with Gasteiger partial charge in [0.1, 0.15) is 5.82 Å². The number of rotatable bonds is 6. The number of allylic oxidation sites excluding steroid dienone is 1. The van der Waals surface area contributed by atoms with E-state index >= 15 is 0 Å².